The van der Waals surface area contributed by atoms with Crippen LogP contribution in [0.3, 0.4) is 0 Å². The molecule has 2 aromatic rings. The Hall–Kier alpha value is -1.66. The van der Waals surface area contributed by atoms with Crippen LogP contribution in [0.1, 0.15) is 45.5 Å². The highest BCUT2D eigenvalue weighted by molar-refractivity contribution is 7.18. The number of hydrogen-bond acceptors (Lipinski definition) is 5. The first-order valence-corrected chi connectivity index (χ1v) is 9.52. The van der Waals surface area contributed by atoms with E-state index >= 15 is 0 Å². The zero-order valence-electron chi connectivity index (χ0n) is 15.4. The summed E-state index contributed by atoms with van der Waals surface area (Å²) in [6.45, 7) is 9.62. The lowest BCUT2D eigenvalue weighted by Crippen LogP contribution is -2.47. The zero-order chi connectivity index (χ0) is 18.1. The van der Waals surface area contributed by atoms with E-state index in [2.05, 4.69) is 18.0 Å². The highest BCUT2D eigenvalue weighted by Crippen LogP contribution is 2.29. The van der Waals surface area contributed by atoms with Gasteiger partial charge in [0.15, 0.2) is 0 Å². The molecule has 6 heteroatoms. The molecule has 0 unspecified atom stereocenters. The van der Waals surface area contributed by atoms with Crippen molar-refractivity contribution in [2.45, 2.75) is 58.3 Å². The number of amides is 1. The smallest absolute Gasteiger partial charge is 0.410 e. The molecule has 1 aliphatic heterocycles. The molecule has 0 spiro atoms. The minimum absolute atomic E-state index is 0.226. The second-order valence-corrected chi connectivity index (χ2v) is 8.90. The van der Waals surface area contributed by atoms with Crippen molar-refractivity contribution < 1.29 is 14.3 Å². The normalized spacial score (nSPS) is 17.7. The van der Waals surface area contributed by atoms with Crippen LogP contribution in [0, 0.1) is 0 Å². The molecule has 0 bridgehead atoms. The van der Waals surface area contributed by atoms with Gasteiger partial charge in [0, 0.05) is 13.1 Å². The van der Waals surface area contributed by atoms with Crippen LogP contribution >= 0.6 is 11.3 Å². The number of hydrogen-bond donors (Lipinski definition) is 0. The van der Waals surface area contributed by atoms with Gasteiger partial charge in [-0.25, -0.2) is 9.78 Å². The molecule has 1 aliphatic rings. The number of aromatic nitrogens is 1. The predicted octanol–water partition coefficient (Wildman–Crippen LogP) is 4.60. The van der Waals surface area contributed by atoms with Gasteiger partial charge in [-0.05, 0) is 52.7 Å². The summed E-state index contributed by atoms with van der Waals surface area (Å²) in [6, 6.07) is 8.13. The van der Waals surface area contributed by atoms with Crippen molar-refractivity contribution in [1.29, 1.82) is 0 Å². The van der Waals surface area contributed by atoms with Gasteiger partial charge >= 0.3 is 6.09 Å². The summed E-state index contributed by atoms with van der Waals surface area (Å²) in [7, 11) is 0. The molecule has 1 aromatic heterocycles. The fourth-order valence-electron chi connectivity index (χ4n) is 2.85. The van der Waals surface area contributed by atoms with E-state index < -0.39 is 5.60 Å². The van der Waals surface area contributed by atoms with Gasteiger partial charge in [-0.2, -0.15) is 0 Å². The zero-order valence-corrected chi connectivity index (χ0v) is 16.2. The van der Waals surface area contributed by atoms with Gasteiger partial charge in [0.05, 0.1) is 22.4 Å². The van der Waals surface area contributed by atoms with Crippen molar-refractivity contribution in [3.8, 4) is 0 Å². The fraction of sp³-hybridized carbons (Fsp3) is 0.579. The first-order valence-electron chi connectivity index (χ1n) is 8.70. The largest absolute Gasteiger partial charge is 0.444 e. The van der Waals surface area contributed by atoms with Crippen LogP contribution in [0.5, 0.6) is 0 Å². The van der Waals surface area contributed by atoms with Crippen LogP contribution in [0.25, 0.3) is 10.2 Å². The Kier molecular flexibility index (Phi) is 5.02. The van der Waals surface area contributed by atoms with Crippen molar-refractivity contribution in [1.82, 2.24) is 9.88 Å². The number of carbonyl (C=O) groups is 1. The predicted molar refractivity (Wildman–Crippen MR) is 99.9 cm³/mol. The van der Waals surface area contributed by atoms with E-state index in [1.54, 1.807) is 16.2 Å². The van der Waals surface area contributed by atoms with Gasteiger partial charge in [-0.1, -0.05) is 12.1 Å². The molecule has 0 saturated carbocycles. The van der Waals surface area contributed by atoms with Crippen LogP contribution < -0.4 is 0 Å². The molecule has 2 heterocycles. The minimum Gasteiger partial charge on any atom is -0.444 e. The van der Waals surface area contributed by atoms with E-state index in [4.69, 9.17) is 9.47 Å². The van der Waals surface area contributed by atoms with E-state index in [1.807, 2.05) is 39.0 Å². The van der Waals surface area contributed by atoms with Gasteiger partial charge in [-0.3, -0.25) is 0 Å². The Balaban J connectivity index is 1.53. The van der Waals surface area contributed by atoms with Crippen molar-refractivity contribution in [2.24, 2.45) is 0 Å². The van der Waals surface area contributed by atoms with Crippen LogP contribution in [0.15, 0.2) is 24.3 Å². The number of ether oxygens (including phenoxy) is 2. The minimum atomic E-state index is -0.457. The molecule has 0 atom stereocenters. The van der Waals surface area contributed by atoms with E-state index in [1.165, 1.54) is 4.70 Å². The van der Waals surface area contributed by atoms with Gasteiger partial charge in [0.1, 0.15) is 10.6 Å². The first-order chi connectivity index (χ1) is 11.7. The number of likely N-dealkylation sites (tertiary alicyclic amines) is 1. The van der Waals surface area contributed by atoms with E-state index in [9.17, 15) is 4.79 Å². The van der Waals surface area contributed by atoms with Gasteiger partial charge in [0.2, 0.25) is 0 Å². The molecule has 25 heavy (non-hydrogen) atoms. The molecular weight excluding hydrogens is 336 g/mol. The average Bonchev–Trinajstić information content (AvgIpc) is 2.95. The third kappa shape index (κ3) is 4.70. The quantitative estimate of drug-likeness (QED) is 0.800. The number of nitrogens with zero attached hydrogens (tertiary/aromatic N) is 2. The van der Waals surface area contributed by atoms with E-state index in [0.717, 1.165) is 23.4 Å². The summed E-state index contributed by atoms with van der Waals surface area (Å²) < 4.78 is 12.8. The van der Waals surface area contributed by atoms with Crippen LogP contribution in [0.4, 0.5) is 4.79 Å². The lowest BCUT2D eigenvalue weighted by Gasteiger charge is -2.39. The maximum atomic E-state index is 12.2. The molecular formula is C19H26N2O3S. The van der Waals surface area contributed by atoms with Crippen LogP contribution in [0.2, 0.25) is 0 Å². The molecule has 3 rings (SSSR count). The second kappa shape index (κ2) is 6.92. The number of carbonyl (C=O) groups excluding carboxylic acids is 1. The summed E-state index contributed by atoms with van der Waals surface area (Å²) in [5.41, 5.74) is 0.341. The van der Waals surface area contributed by atoms with Gasteiger partial charge < -0.3 is 14.4 Å². The molecule has 0 radical (unpaired) electrons. The van der Waals surface area contributed by atoms with Gasteiger partial charge in [-0.15, -0.1) is 11.3 Å². The van der Waals surface area contributed by atoms with Crippen molar-refractivity contribution in [3.63, 3.8) is 0 Å². The number of fused-ring (bicyclic) bond motifs is 1. The van der Waals surface area contributed by atoms with Crippen molar-refractivity contribution in [2.75, 3.05) is 13.1 Å². The Bertz CT molecular complexity index is 709. The van der Waals surface area contributed by atoms with Gasteiger partial charge in [0.25, 0.3) is 0 Å². The molecule has 1 saturated heterocycles. The number of piperidine rings is 1. The average molecular weight is 362 g/mol. The first kappa shape index (κ1) is 18.1. The molecule has 0 aliphatic carbocycles. The SMILES string of the molecule is CC(C)(C)OC(=O)N1CCC(C)(OCc2nc3ccccc3s2)CC1. The highest BCUT2D eigenvalue weighted by Gasteiger charge is 2.34. The summed E-state index contributed by atoms with van der Waals surface area (Å²) in [4.78, 5) is 18.6. The Morgan fingerprint density at radius 1 is 1.28 bits per heavy atom. The number of thiazole rings is 1. The van der Waals surface area contributed by atoms with Crippen LogP contribution in [-0.2, 0) is 16.1 Å². The summed E-state index contributed by atoms with van der Waals surface area (Å²) >= 11 is 1.68. The molecule has 136 valence electrons. The Labute approximate surface area is 152 Å². The fourth-order valence-corrected chi connectivity index (χ4v) is 3.73. The standard InChI is InChI=1S/C19H26N2O3S/c1-18(2,3)24-17(22)21-11-9-19(4,10-12-21)23-13-16-20-14-7-5-6-8-15(14)25-16/h5-8H,9-13H2,1-4H3. The second-order valence-electron chi connectivity index (χ2n) is 7.78. The number of rotatable bonds is 3. The maximum absolute atomic E-state index is 12.2. The third-order valence-electron chi connectivity index (χ3n) is 4.36. The Morgan fingerprint density at radius 2 is 1.96 bits per heavy atom. The van der Waals surface area contributed by atoms with E-state index in [-0.39, 0.29) is 11.7 Å². The molecule has 1 aromatic carbocycles. The molecule has 5 nitrogen and oxygen atoms in total. The summed E-state index contributed by atoms with van der Waals surface area (Å²) in [5, 5.41) is 0.997. The molecule has 1 fully saturated rings. The molecule has 1 amide bonds. The maximum Gasteiger partial charge on any atom is 0.410 e. The lowest BCUT2D eigenvalue weighted by molar-refractivity contribution is -0.0811. The monoisotopic (exact) mass is 362 g/mol. The number of benzene rings is 1. The number of para-hydroxylation sites is 1. The molecule has 0 N–H and O–H groups in total. The lowest BCUT2D eigenvalue weighted by atomic mass is 9.93. The van der Waals surface area contributed by atoms with E-state index in [0.29, 0.717) is 19.7 Å². The topological polar surface area (TPSA) is 51.7 Å². The van der Waals surface area contributed by atoms with Crippen molar-refractivity contribution >= 4 is 27.6 Å². The van der Waals surface area contributed by atoms with Crippen molar-refractivity contribution in [3.05, 3.63) is 29.3 Å². The van der Waals surface area contributed by atoms with Crippen LogP contribution in [-0.4, -0.2) is 40.3 Å². The highest BCUT2D eigenvalue weighted by atomic mass is 32.1. The summed E-state index contributed by atoms with van der Waals surface area (Å²) in [5.74, 6) is 0. The third-order valence-corrected chi connectivity index (χ3v) is 5.36. The summed E-state index contributed by atoms with van der Waals surface area (Å²) in [6.07, 6.45) is 1.37. The Morgan fingerprint density at radius 3 is 2.60 bits per heavy atom.